The summed E-state index contributed by atoms with van der Waals surface area (Å²) in [4.78, 5) is 48.4. The molecule has 0 radical (unpaired) electrons. The van der Waals surface area contributed by atoms with E-state index in [2.05, 4.69) is 20.4 Å². The van der Waals surface area contributed by atoms with Crippen LogP contribution in [0.3, 0.4) is 0 Å². The van der Waals surface area contributed by atoms with Crippen molar-refractivity contribution in [3.63, 3.8) is 0 Å². The first-order valence-electron chi connectivity index (χ1n) is 11.8. The number of nitrogens with one attached hydrogen (secondary N) is 2. The van der Waals surface area contributed by atoms with Crippen LogP contribution in [0.2, 0.25) is 0 Å². The number of rotatable bonds is 5. The molecule has 1 aliphatic heterocycles. The lowest BCUT2D eigenvalue weighted by Gasteiger charge is -2.20. The average molecular weight is 500 g/mol. The van der Waals surface area contributed by atoms with Crippen molar-refractivity contribution in [3.05, 3.63) is 82.3 Å². The van der Waals surface area contributed by atoms with Gasteiger partial charge in [-0.25, -0.2) is 9.37 Å². The summed E-state index contributed by atoms with van der Waals surface area (Å²) in [7, 11) is 0. The van der Waals surface area contributed by atoms with Crippen molar-refractivity contribution >= 4 is 34.2 Å². The minimum atomic E-state index is -0.526. The monoisotopic (exact) mass is 499 g/mol. The first-order valence-corrected chi connectivity index (χ1v) is 11.8. The van der Waals surface area contributed by atoms with E-state index in [1.807, 2.05) is 44.3 Å². The van der Waals surface area contributed by atoms with Crippen LogP contribution in [0, 0.1) is 5.82 Å². The average Bonchev–Trinajstić information content (AvgIpc) is 3.60. The van der Waals surface area contributed by atoms with Gasteiger partial charge in [-0.1, -0.05) is 6.07 Å². The van der Waals surface area contributed by atoms with Gasteiger partial charge in [0.15, 0.2) is 0 Å². The highest BCUT2D eigenvalue weighted by atomic mass is 19.1. The largest absolute Gasteiger partial charge is 0.361 e. The van der Waals surface area contributed by atoms with Crippen LogP contribution in [0.4, 0.5) is 10.2 Å². The van der Waals surface area contributed by atoms with E-state index in [9.17, 15) is 18.8 Å². The Balaban J connectivity index is 1.48. The molecule has 2 amide bonds. The van der Waals surface area contributed by atoms with Gasteiger partial charge >= 0.3 is 0 Å². The molecule has 0 atom stereocenters. The van der Waals surface area contributed by atoms with Gasteiger partial charge in [0.25, 0.3) is 11.5 Å². The number of hydrogen-bond donors (Lipinski definition) is 2. The first kappa shape index (κ1) is 22.7. The van der Waals surface area contributed by atoms with E-state index in [0.717, 1.165) is 22.7 Å². The molecular weight excluding hydrogens is 477 g/mol. The molecule has 6 rings (SSSR count). The third-order valence-corrected chi connectivity index (χ3v) is 6.53. The normalized spacial score (nSPS) is 13.2. The third kappa shape index (κ3) is 3.75. The van der Waals surface area contributed by atoms with Gasteiger partial charge in [0.05, 0.1) is 24.0 Å². The predicted molar refractivity (Wildman–Crippen MR) is 135 cm³/mol. The van der Waals surface area contributed by atoms with Gasteiger partial charge in [-0.05, 0) is 44.2 Å². The van der Waals surface area contributed by atoms with Crippen LogP contribution >= 0.6 is 0 Å². The zero-order chi connectivity index (χ0) is 25.8. The van der Waals surface area contributed by atoms with Crippen molar-refractivity contribution in [2.24, 2.45) is 0 Å². The fraction of sp³-hybridized carbons (Fsp3) is 0.192. The molecular formula is C26H22FN7O3. The number of benzene rings is 1. The van der Waals surface area contributed by atoms with E-state index >= 15 is 0 Å². The highest BCUT2D eigenvalue weighted by Gasteiger charge is 2.36. The van der Waals surface area contributed by atoms with Crippen molar-refractivity contribution in [1.82, 2.24) is 29.0 Å². The number of fused-ring (bicyclic) bond motifs is 3. The Morgan fingerprint density at radius 2 is 2.00 bits per heavy atom. The molecule has 0 unspecified atom stereocenters. The molecule has 186 valence electrons. The molecule has 1 aromatic carbocycles. The Kier molecular flexibility index (Phi) is 5.14. The molecule has 37 heavy (non-hydrogen) atoms. The summed E-state index contributed by atoms with van der Waals surface area (Å²) in [5.41, 5.74) is 2.66. The van der Waals surface area contributed by atoms with E-state index in [4.69, 9.17) is 0 Å². The van der Waals surface area contributed by atoms with Gasteiger partial charge in [0, 0.05) is 34.8 Å². The maximum absolute atomic E-state index is 13.5. The van der Waals surface area contributed by atoms with E-state index in [1.165, 1.54) is 21.2 Å². The maximum Gasteiger partial charge on any atom is 0.280 e. The Hall–Kier alpha value is -4.80. The first-order chi connectivity index (χ1) is 17.8. The number of H-pyrrole nitrogens is 1. The Bertz CT molecular complexity index is 1770. The number of carbonyl (C=O) groups is 2. The van der Waals surface area contributed by atoms with Crippen LogP contribution < -0.4 is 10.9 Å². The number of nitrogens with zero attached hydrogens (tertiary/aromatic N) is 5. The van der Waals surface area contributed by atoms with E-state index in [-0.39, 0.29) is 42.1 Å². The second kappa shape index (κ2) is 8.40. The lowest BCUT2D eigenvalue weighted by Crippen LogP contribution is -2.32. The number of halogens is 1. The highest BCUT2D eigenvalue weighted by molar-refractivity contribution is 5.99. The van der Waals surface area contributed by atoms with Crippen LogP contribution in [-0.4, -0.2) is 46.9 Å². The van der Waals surface area contributed by atoms with Crippen LogP contribution in [0.1, 0.15) is 29.9 Å². The fourth-order valence-electron chi connectivity index (χ4n) is 4.69. The van der Waals surface area contributed by atoms with E-state index in [1.54, 1.807) is 11.0 Å². The van der Waals surface area contributed by atoms with Crippen LogP contribution in [0.25, 0.3) is 27.8 Å². The molecule has 0 saturated heterocycles. The molecule has 5 heterocycles. The zero-order valence-corrected chi connectivity index (χ0v) is 20.0. The van der Waals surface area contributed by atoms with Gasteiger partial charge < -0.3 is 19.8 Å². The molecule has 1 aliphatic rings. The molecule has 0 saturated carbocycles. The van der Waals surface area contributed by atoms with Crippen molar-refractivity contribution in [3.8, 4) is 11.3 Å². The molecule has 0 spiro atoms. The molecule has 2 N–H and O–H groups in total. The third-order valence-electron chi connectivity index (χ3n) is 6.53. The second-order valence-electron chi connectivity index (χ2n) is 9.23. The minimum absolute atomic E-state index is 0.131. The summed E-state index contributed by atoms with van der Waals surface area (Å²) in [6, 6.07) is 11.8. The maximum atomic E-state index is 13.5. The molecule has 4 aromatic heterocycles. The molecule has 0 fully saturated rings. The number of anilines is 1. The van der Waals surface area contributed by atoms with Crippen LogP contribution in [0.15, 0.2) is 59.7 Å². The van der Waals surface area contributed by atoms with Gasteiger partial charge in [-0.3, -0.25) is 14.4 Å². The summed E-state index contributed by atoms with van der Waals surface area (Å²) in [6.07, 6.45) is 2.84. The van der Waals surface area contributed by atoms with Crippen molar-refractivity contribution < 1.29 is 14.0 Å². The van der Waals surface area contributed by atoms with Crippen LogP contribution in [0.5, 0.6) is 0 Å². The molecule has 11 heteroatoms. The molecule has 0 bridgehead atoms. The summed E-state index contributed by atoms with van der Waals surface area (Å²) in [6.45, 7) is 3.59. The smallest absolute Gasteiger partial charge is 0.280 e. The number of aromatic nitrogens is 5. The zero-order valence-electron chi connectivity index (χ0n) is 20.0. The summed E-state index contributed by atoms with van der Waals surface area (Å²) < 4.78 is 16.0. The number of amides is 2. The molecule has 5 aromatic rings. The van der Waals surface area contributed by atoms with Crippen molar-refractivity contribution in [2.75, 3.05) is 5.32 Å². The summed E-state index contributed by atoms with van der Waals surface area (Å²) >= 11 is 0. The van der Waals surface area contributed by atoms with Gasteiger partial charge in [0.2, 0.25) is 5.91 Å². The number of hydrogen-bond acceptors (Lipinski definition) is 5. The second-order valence-corrected chi connectivity index (χ2v) is 9.23. The minimum Gasteiger partial charge on any atom is -0.361 e. The SMILES string of the molecule is CC(C)N1Cc2c(n(CC(=O)Nc3ccc(F)cn3)c3cc(-c4ccc5[nH]ccc5c4)nn3c2=O)C1=O. The van der Waals surface area contributed by atoms with Crippen molar-refractivity contribution in [2.45, 2.75) is 33.0 Å². The molecule has 10 nitrogen and oxygen atoms in total. The standard InChI is InChI=1S/C26H22FN7O3/c1-14(2)32-12-18-24(26(32)37)33(13-22(35)30-21-6-4-17(27)11-29-21)23-10-20(31-34(23)25(18)36)15-3-5-19-16(9-15)7-8-28-19/h3-11,14,28H,12-13H2,1-2H3,(H,29,30,35). The quantitative estimate of drug-likeness (QED) is 0.385. The lowest BCUT2D eigenvalue weighted by atomic mass is 10.1. The Labute approximate surface area is 209 Å². The number of pyridine rings is 1. The van der Waals surface area contributed by atoms with Crippen molar-refractivity contribution in [1.29, 1.82) is 0 Å². The highest BCUT2D eigenvalue weighted by Crippen LogP contribution is 2.28. The van der Waals surface area contributed by atoms with Crippen LogP contribution in [-0.2, 0) is 17.9 Å². The fourth-order valence-corrected chi connectivity index (χ4v) is 4.69. The number of aromatic amines is 1. The van der Waals surface area contributed by atoms with Gasteiger partial charge in [0.1, 0.15) is 29.5 Å². The Morgan fingerprint density at radius 3 is 2.76 bits per heavy atom. The van der Waals surface area contributed by atoms with E-state index < -0.39 is 17.3 Å². The lowest BCUT2D eigenvalue weighted by molar-refractivity contribution is -0.116. The number of carbonyl (C=O) groups excluding carboxylic acids is 2. The topological polar surface area (TPSA) is 117 Å². The molecule has 0 aliphatic carbocycles. The predicted octanol–water partition coefficient (Wildman–Crippen LogP) is 3.18. The summed E-state index contributed by atoms with van der Waals surface area (Å²) in [5, 5.41) is 8.17. The van der Waals surface area contributed by atoms with E-state index in [0.29, 0.717) is 11.3 Å². The van der Waals surface area contributed by atoms with Gasteiger partial charge in [-0.2, -0.15) is 9.61 Å². The summed E-state index contributed by atoms with van der Waals surface area (Å²) in [5.74, 6) is -1.17. The van der Waals surface area contributed by atoms with Gasteiger partial charge in [-0.15, -0.1) is 0 Å². The Morgan fingerprint density at radius 1 is 1.16 bits per heavy atom.